The number of pyridine rings is 1. The molecule has 6 heteroatoms. The number of aromatic nitrogens is 1. The van der Waals surface area contributed by atoms with Crippen LogP contribution in [0.25, 0.3) is 20.3 Å². The van der Waals surface area contributed by atoms with Gasteiger partial charge >= 0.3 is 174 Å². The molecule has 0 atom stereocenters. The van der Waals surface area contributed by atoms with E-state index >= 15 is 0 Å². The first kappa shape index (κ1) is 16.6. The van der Waals surface area contributed by atoms with Crippen molar-refractivity contribution in [3.8, 4) is 0 Å². The van der Waals surface area contributed by atoms with Crippen LogP contribution in [0.1, 0.15) is 16.8 Å². The fourth-order valence-electron chi connectivity index (χ4n) is 4.51. The molecule has 4 nitrogen and oxygen atoms in total. The summed E-state index contributed by atoms with van der Waals surface area (Å²) in [7, 11) is 0. The second-order valence-electron chi connectivity index (χ2n) is 7.22. The number of para-hydroxylation sites is 1. The molecule has 3 aliphatic heterocycles. The first-order chi connectivity index (χ1) is 13.7. The van der Waals surface area contributed by atoms with Crippen molar-refractivity contribution in [2.45, 2.75) is 6.42 Å². The third-order valence-electron chi connectivity index (χ3n) is 5.63. The number of allylic oxidation sites excluding steroid dienone is 1. The summed E-state index contributed by atoms with van der Waals surface area (Å²) < 4.78 is 4.06. The van der Waals surface area contributed by atoms with Crippen LogP contribution < -0.4 is 8.64 Å². The van der Waals surface area contributed by atoms with E-state index in [0.717, 1.165) is 34.8 Å². The van der Waals surface area contributed by atoms with Crippen molar-refractivity contribution in [1.82, 2.24) is 10.3 Å². The maximum atomic E-state index is 12.4. The number of hydrogen-bond acceptors (Lipinski definition) is 4. The van der Waals surface area contributed by atoms with Gasteiger partial charge in [0.15, 0.2) is 0 Å². The molecule has 2 amide bonds. The van der Waals surface area contributed by atoms with Gasteiger partial charge in [-0.25, -0.2) is 0 Å². The molecule has 1 saturated heterocycles. The second kappa shape index (κ2) is 6.09. The zero-order valence-electron chi connectivity index (χ0n) is 14.7. The van der Waals surface area contributed by atoms with E-state index in [9.17, 15) is 9.59 Å². The summed E-state index contributed by atoms with van der Waals surface area (Å²) >= 11 is -1.50. The van der Waals surface area contributed by atoms with E-state index in [-0.39, 0.29) is 11.1 Å². The molecule has 4 bridgehead atoms. The molecule has 0 saturated carbocycles. The molecule has 0 radical (unpaired) electrons. The van der Waals surface area contributed by atoms with Crippen LogP contribution in [0, 0.1) is 0 Å². The monoisotopic (exact) mass is 484 g/mol. The standard InChI is InChI=1S/C22H13N2O2S.In/c25-21-20(27-22(26)24-21)14-17-8-2-1-6-15(17)9-5-10-18-13-12-16-7-3-4-11-19(16)23-18;/h1-4,7-9,11-13H,10H2,(H,24,25,26);. The molecule has 3 aromatic rings. The van der Waals surface area contributed by atoms with Crippen molar-refractivity contribution in [1.29, 1.82) is 0 Å². The molecular weight excluding hydrogens is 471 g/mol. The molecule has 0 spiro atoms. The number of nitrogens with zero attached hydrogens (tertiary/aromatic N) is 1. The Hall–Kier alpha value is -2.31. The van der Waals surface area contributed by atoms with E-state index in [2.05, 4.69) is 47.8 Å². The number of fused-ring (bicyclic) bond motifs is 1. The van der Waals surface area contributed by atoms with Crippen molar-refractivity contribution < 1.29 is 9.59 Å². The molecule has 4 heterocycles. The van der Waals surface area contributed by atoms with Crippen LogP contribution in [-0.4, -0.2) is 37.6 Å². The van der Waals surface area contributed by atoms with Crippen molar-refractivity contribution in [3.05, 3.63) is 79.7 Å². The molecule has 3 aliphatic rings. The van der Waals surface area contributed by atoms with E-state index in [1.807, 2.05) is 18.2 Å². The predicted octanol–water partition coefficient (Wildman–Crippen LogP) is 3.36. The van der Waals surface area contributed by atoms with Crippen molar-refractivity contribution in [3.63, 3.8) is 0 Å². The van der Waals surface area contributed by atoms with Gasteiger partial charge in [-0.1, -0.05) is 0 Å². The van der Waals surface area contributed by atoms with E-state index in [1.54, 1.807) is 0 Å². The molecule has 6 rings (SSSR count). The first-order valence-corrected chi connectivity index (χ1v) is 14.9. The van der Waals surface area contributed by atoms with Gasteiger partial charge in [0.2, 0.25) is 0 Å². The summed E-state index contributed by atoms with van der Waals surface area (Å²) in [5.41, 5.74) is 4.51. The van der Waals surface area contributed by atoms with Crippen LogP contribution in [0.4, 0.5) is 4.79 Å². The first-order valence-electron chi connectivity index (χ1n) is 9.15. The molecule has 1 fully saturated rings. The van der Waals surface area contributed by atoms with E-state index in [4.69, 9.17) is 4.98 Å². The quantitative estimate of drug-likeness (QED) is 0.567. The Morgan fingerprint density at radius 2 is 1.89 bits per heavy atom. The molecule has 2 aromatic carbocycles. The summed E-state index contributed by atoms with van der Waals surface area (Å²) in [5, 5.41) is 3.31. The van der Waals surface area contributed by atoms with Crippen molar-refractivity contribution in [2.75, 3.05) is 0 Å². The topological polar surface area (TPSA) is 59.1 Å². The Kier molecular flexibility index (Phi) is 3.62. The number of amides is 2. The number of thioether (sulfide) groups is 1. The molecular formula is C22H13InN2O2S. The van der Waals surface area contributed by atoms with E-state index < -0.39 is 21.4 Å². The minimum absolute atomic E-state index is 0.231. The van der Waals surface area contributed by atoms with Gasteiger partial charge in [0, 0.05) is 0 Å². The Morgan fingerprint density at radius 3 is 2.71 bits per heavy atom. The zero-order chi connectivity index (χ0) is 18.8. The van der Waals surface area contributed by atoms with Crippen LogP contribution in [0.15, 0.2) is 62.8 Å². The van der Waals surface area contributed by atoms with Crippen LogP contribution in [0.2, 0.25) is 0 Å². The fraction of sp³-hybridized carbons (Fsp3) is 0.0455. The summed E-state index contributed by atoms with van der Waals surface area (Å²) in [6.07, 6.45) is 3.14. The number of benzene rings is 2. The SMILES string of the molecule is O=C1NC(=O)/C(=[C]2\c3ccc[c]4c3C=[C](Cc3ccc5ccccc5n3)[In]24)S1. The Bertz CT molecular complexity index is 1290. The predicted molar refractivity (Wildman–Crippen MR) is 113 cm³/mol. The molecule has 1 aromatic heterocycles. The fourth-order valence-corrected chi connectivity index (χ4v) is 16.9. The molecule has 1 N–H and O–H groups in total. The van der Waals surface area contributed by atoms with Crippen LogP contribution >= 0.6 is 11.8 Å². The summed E-state index contributed by atoms with van der Waals surface area (Å²) in [6, 6.07) is 18.8. The number of imide groups is 1. The van der Waals surface area contributed by atoms with Crippen LogP contribution in [0.3, 0.4) is 0 Å². The van der Waals surface area contributed by atoms with E-state index in [0.29, 0.717) is 4.91 Å². The van der Waals surface area contributed by atoms with Gasteiger partial charge in [0.25, 0.3) is 0 Å². The van der Waals surface area contributed by atoms with Gasteiger partial charge in [-0.3, -0.25) is 0 Å². The molecule has 0 aliphatic carbocycles. The Labute approximate surface area is 173 Å². The molecule has 132 valence electrons. The number of nitrogens with one attached hydrogen (secondary N) is 1. The Balaban J connectivity index is 1.44. The summed E-state index contributed by atoms with van der Waals surface area (Å²) in [5.74, 6) is -0.231. The number of rotatable bonds is 2. The molecule has 28 heavy (non-hydrogen) atoms. The minimum atomic E-state index is -2.57. The third kappa shape index (κ3) is 2.37. The van der Waals surface area contributed by atoms with Crippen LogP contribution in [-0.2, 0) is 11.2 Å². The number of carbonyl (C=O) groups excluding carboxylic acids is 2. The summed E-state index contributed by atoms with van der Waals surface area (Å²) in [4.78, 5) is 29.6. The van der Waals surface area contributed by atoms with Gasteiger partial charge in [0.1, 0.15) is 0 Å². The van der Waals surface area contributed by atoms with Gasteiger partial charge in [-0.2, -0.15) is 0 Å². The Morgan fingerprint density at radius 1 is 1.00 bits per heavy atom. The van der Waals surface area contributed by atoms with Crippen LogP contribution in [0.5, 0.6) is 0 Å². The second-order valence-corrected chi connectivity index (χ2v) is 16.2. The number of carbonyl (C=O) groups is 2. The average molecular weight is 484 g/mol. The van der Waals surface area contributed by atoms with Gasteiger partial charge < -0.3 is 0 Å². The van der Waals surface area contributed by atoms with Crippen molar-refractivity contribution in [2.24, 2.45) is 0 Å². The normalized spacial score (nSPS) is 19.6. The van der Waals surface area contributed by atoms with Gasteiger partial charge in [-0.15, -0.1) is 0 Å². The van der Waals surface area contributed by atoms with E-state index in [1.165, 1.54) is 21.1 Å². The van der Waals surface area contributed by atoms with Crippen molar-refractivity contribution >= 4 is 68.0 Å². The summed E-state index contributed by atoms with van der Waals surface area (Å²) in [6.45, 7) is 0. The van der Waals surface area contributed by atoms with Gasteiger partial charge in [0.05, 0.1) is 0 Å². The number of hydrogen-bond donors (Lipinski definition) is 1. The average Bonchev–Trinajstić information content (AvgIpc) is 3.26. The zero-order valence-corrected chi connectivity index (χ0v) is 18.8. The maximum absolute atomic E-state index is 12.4. The van der Waals surface area contributed by atoms with Gasteiger partial charge in [-0.05, 0) is 0 Å². The molecule has 0 unspecified atom stereocenters. The third-order valence-corrected chi connectivity index (χ3v) is 16.9.